The van der Waals surface area contributed by atoms with Crippen molar-refractivity contribution in [3.8, 4) is 0 Å². The third kappa shape index (κ3) is 3.48. The molecule has 0 saturated heterocycles. The maximum Gasteiger partial charge on any atom is 0.254 e. The lowest BCUT2D eigenvalue weighted by Gasteiger charge is -2.14. The van der Waals surface area contributed by atoms with Crippen LogP contribution in [-0.2, 0) is 13.1 Å². The van der Waals surface area contributed by atoms with Gasteiger partial charge in [-0.25, -0.2) is 4.98 Å². The van der Waals surface area contributed by atoms with E-state index in [1.807, 2.05) is 38.1 Å². The Labute approximate surface area is 136 Å². The fourth-order valence-corrected chi connectivity index (χ4v) is 2.59. The molecule has 0 bridgehead atoms. The minimum atomic E-state index is 0.650. The Morgan fingerprint density at radius 1 is 1.00 bits per heavy atom. The highest BCUT2D eigenvalue weighted by Gasteiger charge is 2.12. The van der Waals surface area contributed by atoms with Crippen LogP contribution >= 0.6 is 0 Å². The molecular weight excluding hydrogens is 288 g/mol. The number of aryl methyl sites for hydroxylation is 1. The summed E-state index contributed by atoms with van der Waals surface area (Å²) in [7, 11) is 6.07. The number of hydrogen-bond donors (Lipinski definition) is 0. The van der Waals surface area contributed by atoms with Gasteiger partial charge in [-0.05, 0) is 19.5 Å². The van der Waals surface area contributed by atoms with Crippen molar-refractivity contribution in [3.63, 3.8) is 0 Å². The molecule has 2 aromatic heterocycles. The van der Waals surface area contributed by atoms with Crippen LogP contribution in [-0.4, -0.2) is 45.6 Å². The summed E-state index contributed by atoms with van der Waals surface area (Å²) in [5.74, 6) is 2.42. The van der Waals surface area contributed by atoms with Gasteiger partial charge in [0.15, 0.2) is 5.82 Å². The highest BCUT2D eigenvalue weighted by Crippen LogP contribution is 2.14. The van der Waals surface area contributed by atoms with Crippen LogP contribution in [0.2, 0.25) is 0 Å². The first-order valence-corrected chi connectivity index (χ1v) is 7.66. The van der Waals surface area contributed by atoms with Crippen molar-refractivity contribution in [2.45, 2.75) is 20.0 Å². The molecule has 0 radical (unpaired) electrons. The van der Waals surface area contributed by atoms with Crippen molar-refractivity contribution >= 4 is 11.6 Å². The third-order valence-corrected chi connectivity index (χ3v) is 3.63. The van der Waals surface area contributed by atoms with Gasteiger partial charge in [-0.15, -0.1) is 5.10 Å². The molecule has 0 aliphatic heterocycles. The third-order valence-electron chi connectivity index (χ3n) is 3.63. The maximum absolute atomic E-state index is 4.62. The van der Waals surface area contributed by atoms with E-state index in [1.165, 1.54) is 5.56 Å². The Morgan fingerprint density at radius 3 is 2.43 bits per heavy atom. The molecular formula is C17H22N6. The van der Waals surface area contributed by atoms with Gasteiger partial charge < -0.3 is 4.90 Å². The van der Waals surface area contributed by atoms with E-state index in [1.54, 1.807) is 4.52 Å². The molecule has 0 amide bonds. The summed E-state index contributed by atoms with van der Waals surface area (Å²) in [5, 5.41) is 4.62. The zero-order valence-electron chi connectivity index (χ0n) is 14.1. The van der Waals surface area contributed by atoms with E-state index in [4.69, 9.17) is 0 Å². The number of fused-ring (bicyclic) bond motifs is 1. The Morgan fingerprint density at radius 2 is 1.74 bits per heavy atom. The van der Waals surface area contributed by atoms with Crippen molar-refractivity contribution in [2.75, 3.05) is 26.0 Å². The monoisotopic (exact) mass is 310 g/mol. The van der Waals surface area contributed by atoms with Crippen LogP contribution in [0.3, 0.4) is 0 Å². The molecule has 3 rings (SSSR count). The summed E-state index contributed by atoms with van der Waals surface area (Å²) >= 11 is 0. The van der Waals surface area contributed by atoms with Gasteiger partial charge in [0.05, 0.1) is 6.54 Å². The molecule has 0 N–H and O–H groups in total. The highest BCUT2D eigenvalue weighted by atomic mass is 15.4. The second-order valence-corrected chi connectivity index (χ2v) is 6.05. The van der Waals surface area contributed by atoms with Crippen molar-refractivity contribution < 1.29 is 0 Å². The molecule has 0 unspecified atom stereocenters. The van der Waals surface area contributed by atoms with Crippen molar-refractivity contribution in [1.29, 1.82) is 0 Å². The number of benzene rings is 1. The molecule has 120 valence electrons. The van der Waals surface area contributed by atoms with Crippen LogP contribution in [0.1, 0.15) is 17.1 Å². The van der Waals surface area contributed by atoms with E-state index in [9.17, 15) is 0 Å². The second-order valence-electron chi connectivity index (χ2n) is 6.05. The van der Waals surface area contributed by atoms with E-state index < -0.39 is 0 Å². The fourth-order valence-electron chi connectivity index (χ4n) is 2.59. The number of rotatable bonds is 5. The Hall–Kier alpha value is -2.47. The zero-order chi connectivity index (χ0) is 16.4. The SMILES string of the molecule is Cc1cc(N(C)C)n2nc(CN(C)Cc3ccccc3)nc2n1. The van der Waals surface area contributed by atoms with E-state index in [-0.39, 0.29) is 0 Å². The van der Waals surface area contributed by atoms with E-state index in [0.717, 1.165) is 23.9 Å². The molecule has 0 aliphatic carbocycles. The van der Waals surface area contributed by atoms with E-state index >= 15 is 0 Å². The largest absolute Gasteiger partial charge is 0.363 e. The number of hydrogen-bond acceptors (Lipinski definition) is 5. The summed E-state index contributed by atoms with van der Waals surface area (Å²) in [4.78, 5) is 13.3. The van der Waals surface area contributed by atoms with Crippen LogP contribution in [0.25, 0.3) is 5.78 Å². The summed E-state index contributed by atoms with van der Waals surface area (Å²) < 4.78 is 1.80. The van der Waals surface area contributed by atoms with Gasteiger partial charge in [0.25, 0.3) is 5.78 Å². The molecule has 1 aromatic carbocycles. The minimum absolute atomic E-state index is 0.650. The molecule has 23 heavy (non-hydrogen) atoms. The quantitative estimate of drug-likeness (QED) is 0.722. The molecule has 6 nitrogen and oxygen atoms in total. The molecule has 3 aromatic rings. The first-order chi connectivity index (χ1) is 11.0. The normalized spacial score (nSPS) is 11.3. The smallest absolute Gasteiger partial charge is 0.254 e. The van der Waals surface area contributed by atoms with Crippen molar-refractivity contribution in [2.24, 2.45) is 0 Å². The standard InChI is InChI=1S/C17H22N6/c1-13-10-16(21(2)3)23-17(18-13)19-15(20-23)12-22(4)11-14-8-6-5-7-9-14/h5-10H,11-12H2,1-4H3. The van der Waals surface area contributed by atoms with Crippen LogP contribution in [0.15, 0.2) is 36.4 Å². The lowest BCUT2D eigenvalue weighted by atomic mass is 10.2. The van der Waals surface area contributed by atoms with Crippen LogP contribution in [0, 0.1) is 6.92 Å². The average Bonchev–Trinajstić information content (AvgIpc) is 2.88. The maximum atomic E-state index is 4.62. The summed E-state index contributed by atoms with van der Waals surface area (Å²) in [6, 6.07) is 12.4. The summed E-state index contributed by atoms with van der Waals surface area (Å²) in [6.07, 6.45) is 0. The Bertz CT molecular complexity index is 793. The minimum Gasteiger partial charge on any atom is -0.363 e. The van der Waals surface area contributed by atoms with Crippen LogP contribution in [0.4, 0.5) is 5.82 Å². The molecule has 0 atom stereocenters. The lowest BCUT2D eigenvalue weighted by molar-refractivity contribution is 0.311. The van der Waals surface area contributed by atoms with Gasteiger partial charge in [-0.1, -0.05) is 30.3 Å². The van der Waals surface area contributed by atoms with Gasteiger partial charge in [0, 0.05) is 32.4 Å². The average molecular weight is 310 g/mol. The van der Waals surface area contributed by atoms with Crippen molar-refractivity contribution in [3.05, 3.63) is 53.5 Å². The summed E-state index contributed by atoms with van der Waals surface area (Å²) in [5.41, 5.74) is 2.22. The molecule has 2 heterocycles. The number of anilines is 1. The molecule has 6 heteroatoms. The zero-order valence-corrected chi connectivity index (χ0v) is 14.1. The Balaban J connectivity index is 1.82. The van der Waals surface area contributed by atoms with Crippen LogP contribution in [0.5, 0.6) is 0 Å². The van der Waals surface area contributed by atoms with E-state index in [2.05, 4.69) is 51.3 Å². The second kappa shape index (κ2) is 6.34. The number of aromatic nitrogens is 4. The van der Waals surface area contributed by atoms with Gasteiger partial charge in [-0.3, -0.25) is 4.90 Å². The first-order valence-electron chi connectivity index (χ1n) is 7.66. The lowest BCUT2D eigenvalue weighted by Crippen LogP contribution is -2.18. The Kier molecular flexibility index (Phi) is 4.25. The molecule has 0 saturated carbocycles. The molecule has 0 aliphatic rings. The fraction of sp³-hybridized carbons (Fsp3) is 0.353. The van der Waals surface area contributed by atoms with E-state index in [0.29, 0.717) is 12.3 Å². The molecule has 0 fully saturated rings. The topological polar surface area (TPSA) is 49.6 Å². The van der Waals surface area contributed by atoms with Crippen LogP contribution < -0.4 is 4.90 Å². The van der Waals surface area contributed by atoms with Crippen molar-refractivity contribution in [1.82, 2.24) is 24.5 Å². The highest BCUT2D eigenvalue weighted by molar-refractivity contribution is 5.46. The van der Waals surface area contributed by atoms with Gasteiger partial charge in [0.1, 0.15) is 5.82 Å². The molecule has 0 spiro atoms. The predicted octanol–water partition coefficient (Wildman–Crippen LogP) is 2.13. The van der Waals surface area contributed by atoms with Gasteiger partial charge in [-0.2, -0.15) is 9.50 Å². The first kappa shape index (κ1) is 15.4. The summed E-state index contributed by atoms with van der Waals surface area (Å²) in [6.45, 7) is 3.52. The predicted molar refractivity (Wildman–Crippen MR) is 91.5 cm³/mol. The van der Waals surface area contributed by atoms with Gasteiger partial charge >= 0.3 is 0 Å². The number of nitrogens with zero attached hydrogens (tertiary/aromatic N) is 6. The van der Waals surface area contributed by atoms with Gasteiger partial charge in [0.2, 0.25) is 0 Å².